The summed E-state index contributed by atoms with van der Waals surface area (Å²) < 4.78 is 5.26. The van der Waals surface area contributed by atoms with Crippen LogP contribution in [0.15, 0.2) is 0 Å². The van der Waals surface area contributed by atoms with E-state index in [0.29, 0.717) is 6.42 Å². The molecule has 2 bridgehead atoms. The Kier molecular flexibility index (Phi) is 3.83. The topological polar surface area (TPSA) is 108 Å². The zero-order valence-corrected chi connectivity index (χ0v) is 15.4. The number of alkyl carbamates (subject to hydrolysis) is 1. The number of piperidine rings is 1. The normalized spacial score (nSPS) is 36.1. The van der Waals surface area contributed by atoms with Gasteiger partial charge in [-0.2, -0.15) is 0 Å². The minimum atomic E-state index is -0.988. The molecular weight excluding hydrogens is 326 g/mol. The fraction of sp³-hybridized carbons (Fsp3) is 0.824. The standard InChI is InChI=1S/C17H27N3O5/c1-15(2,3)25-14(24)18-11-12(21)20-10(13(22)23)9-6-7-17(20,8-9)19-16(11,4)5/h9-11,19H,6-8H2,1-5H3,(H,18,24)(H,22,23)/t9-,10-,11+,17+/m0/s1. The molecule has 4 atom stereocenters. The van der Waals surface area contributed by atoms with E-state index in [-0.39, 0.29) is 11.8 Å². The van der Waals surface area contributed by atoms with E-state index in [1.807, 2.05) is 13.8 Å². The van der Waals surface area contributed by atoms with Gasteiger partial charge in [0.1, 0.15) is 17.7 Å². The van der Waals surface area contributed by atoms with Crippen LogP contribution in [-0.4, -0.2) is 56.9 Å². The fourth-order valence-electron chi connectivity index (χ4n) is 4.65. The Morgan fingerprint density at radius 1 is 1.36 bits per heavy atom. The van der Waals surface area contributed by atoms with Crippen molar-refractivity contribution in [1.82, 2.24) is 15.5 Å². The molecule has 2 heterocycles. The van der Waals surface area contributed by atoms with Gasteiger partial charge < -0.3 is 20.1 Å². The van der Waals surface area contributed by atoms with Crippen LogP contribution >= 0.6 is 0 Å². The van der Waals surface area contributed by atoms with Crippen molar-refractivity contribution < 1.29 is 24.2 Å². The Labute approximate surface area is 147 Å². The predicted octanol–water partition coefficient (Wildman–Crippen LogP) is 1.05. The number of carboxylic acids is 1. The minimum absolute atomic E-state index is 0.0509. The van der Waals surface area contributed by atoms with Crippen molar-refractivity contribution >= 4 is 18.0 Å². The Balaban J connectivity index is 1.87. The highest BCUT2D eigenvalue weighted by Gasteiger charge is 2.66. The van der Waals surface area contributed by atoms with Crippen molar-refractivity contribution in [3.8, 4) is 0 Å². The summed E-state index contributed by atoms with van der Waals surface area (Å²) in [5, 5.41) is 15.7. The Bertz CT molecular complexity index is 626. The maximum absolute atomic E-state index is 13.2. The smallest absolute Gasteiger partial charge is 0.408 e. The number of amides is 2. The van der Waals surface area contributed by atoms with Gasteiger partial charge >= 0.3 is 12.1 Å². The summed E-state index contributed by atoms with van der Waals surface area (Å²) in [6, 6.07) is -1.73. The summed E-state index contributed by atoms with van der Waals surface area (Å²) in [5.74, 6) is -1.40. The Morgan fingerprint density at radius 3 is 2.56 bits per heavy atom. The zero-order chi connectivity index (χ0) is 18.8. The van der Waals surface area contributed by atoms with E-state index in [0.717, 1.165) is 12.8 Å². The Hall–Kier alpha value is -1.83. The molecular formula is C17H27N3O5. The molecule has 0 aromatic heterocycles. The number of carbonyl (C=O) groups excluding carboxylic acids is 2. The van der Waals surface area contributed by atoms with Crippen LogP contribution in [0, 0.1) is 5.92 Å². The zero-order valence-electron chi connectivity index (χ0n) is 15.4. The van der Waals surface area contributed by atoms with Crippen molar-refractivity contribution in [2.24, 2.45) is 5.92 Å². The van der Waals surface area contributed by atoms with Crippen LogP contribution in [0.4, 0.5) is 4.79 Å². The summed E-state index contributed by atoms with van der Waals surface area (Å²) in [6.07, 6.45) is 1.47. The number of hydrogen-bond donors (Lipinski definition) is 3. The summed E-state index contributed by atoms with van der Waals surface area (Å²) in [7, 11) is 0. The molecule has 1 saturated carbocycles. The molecule has 0 aromatic carbocycles. The minimum Gasteiger partial charge on any atom is -0.480 e. The van der Waals surface area contributed by atoms with Crippen LogP contribution in [0.2, 0.25) is 0 Å². The molecule has 25 heavy (non-hydrogen) atoms. The first-order valence-electron chi connectivity index (χ1n) is 8.71. The van der Waals surface area contributed by atoms with E-state index in [1.165, 1.54) is 4.90 Å². The largest absolute Gasteiger partial charge is 0.480 e. The number of rotatable bonds is 2. The second-order valence-electron chi connectivity index (χ2n) is 8.95. The average Bonchev–Trinajstić information content (AvgIpc) is 2.94. The van der Waals surface area contributed by atoms with E-state index in [1.54, 1.807) is 20.8 Å². The van der Waals surface area contributed by atoms with Gasteiger partial charge in [-0.1, -0.05) is 0 Å². The number of hydrogen-bond acceptors (Lipinski definition) is 5. The number of carboxylic acid groups (broad SMARTS) is 1. The third-order valence-corrected chi connectivity index (χ3v) is 5.39. The molecule has 3 rings (SSSR count). The first-order chi connectivity index (χ1) is 11.4. The summed E-state index contributed by atoms with van der Waals surface area (Å²) >= 11 is 0. The van der Waals surface area contributed by atoms with Crippen LogP contribution in [-0.2, 0) is 14.3 Å². The van der Waals surface area contributed by atoms with E-state index in [9.17, 15) is 19.5 Å². The third-order valence-electron chi connectivity index (χ3n) is 5.39. The molecule has 1 spiro atoms. The summed E-state index contributed by atoms with van der Waals surface area (Å²) in [5.41, 5.74) is -2.02. The highest BCUT2D eigenvalue weighted by atomic mass is 16.6. The van der Waals surface area contributed by atoms with Gasteiger partial charge in [0.05, 0.1) is 5.66 Å². The molecule has 3 aliphatic rings. The molecule has 140 valence electrons. The van der Waals surface area contributed by atoms with Crippen molar-refractivity contribution in [3.63, 3.8) is 0 Å². The molecule has 8 nitrogen and oxygen atoms in total. The maximum Gasteiger partial charge on any atom is 0.408 e. The van der Waals surface area contributed by atoms with Crippen LogP contribution in [0.5, 0.6) is 0 Å². The van der Waals surface area contributed by atoms with Crippen molar-refractivity contribution in [2.45, 2.75) is 82.8 Å². The molecule has 2 aliphatic heterocycles. The van der Waals surface area contributed by atoms with Crippen LogP contribution in [0.3, 0.4) is 0 Å². The van der Waals surface area contributed by atoms with Crippen LogP contribution in [0.1, 0.15) is 53.9 Å². The van der Waals surface area contributed by atoms with E-state index in [2.05, 4.69) is 10.6 Å². The fourth-order valence-corrected chi connectivity index (χ4v) is 4.65. The van der Waals surface area contributed by atoms with E-state index in [4.69, 9.17) is 4.74 Å². The highest BCUT2D eigenvalue weighted by Crippen LogP contribution is 2.52. The Morgan fingerprint density at radius 2 is 2.00 bits per heavy atom. The predicted molar refractivity (Wildman–Crippen MR) is 88.7 cm³/mol. The van der Waals surface area contributed by atoms with Gasteiger partial charge in [-0.25, -0.2) is 9.59 Å². The van der Waals surface area contributed by atoms with E-state index >= 15 is 0 Å². The van der Waals surface area contributed by atoms with Crippen molar-refractivity contribution in [3.05, 3.63) is 0 Å². The highest BCUT2D eigenvalue weighted by molar-refractivity contribution is 5.93. The van der Waals surface area contributed by atoms with Gasteiger partial charge in [0.25, 0.3) is 0 Å². The third kappa shape index (κ3) is 2.86. The first-order valence-corrected chi connectivity index (χ1v) is 8.71. The number of carbonyl (C=O) groups is 3. The van der Waals surface area contributed by atoms with E-state index < -0.39 is 40.9 Å². The molecule has 3 fully saturated rings. The summed E-state index contributed by atoms with van der Waals surface area (Å²) in [6.45, 7) is 8.93. The number of aliphatic carboxylic acids is 1. The van der Waals surface area contributed by atoms with Crippen LogP contribution < -0.4 is 10.6 Å². The SMILES string of the molecule is CC(C)(C)OC(=O)N[C@@H]1C(=O)N2[C@H](C(=O)O)[C@H]3CC[C@@]2(C3)NC1(C)C. The van der Waals surface area contributed by atoms with Crippen molar-refractivity contribution in [2.75, 3.05) is 0 Å². The van der Waals surface area contributed by atoms with Gasteiger partial charge in [0, 0.05) is 5.54 Å². The van der Waals surface area contributed by atoms with Gasteiger partial charge in [0.15, 0.2) is 0 Å². The first kappa shape index (κ1) is 18.0. The molecule has 0 radical (unpaired) electrons. The van der Waals surface area contributed by atoms with Crippen molar-refractivity contribution in [1.29, 1.82) is 0 Å². The molecule has 2 amide bonds. The van der Waals surface area contributed by atoms with Crippen LogP contribution in [0.25, 0.3) is 0 Å². The maximum atomic E-state index is 13.2. The van der Waals surface area contributed by atoms with Gasteiger partial charge in [-0.05, 0) is 59.8 Å². The molecule has 1 aliphatic carbocycles. The van der Waals surface area contributed by atoms with Gasteiger partial charge in [0.2, 0.25) is 5.91 Å². The number of nitrogens with one attached hydrogen (secondary N) is 2. The lowest BCUT2D eigenvalue weighted by Gasteiger charge is -2.54. The number of fused-ring (bicyclic) bond motifs is 1. The lowest BCUT2D eigenvalue weighted by Crippen LogP contribution is -2.79. The summed E-state index contributed by atoms with van der Waals surface area (Å²) in [4.78, 5) is 38.5. The second kappa shape index (κ2) is 5.33. The number of ether oxygens (including phenoxy) is 1. The average molecular weight is 353 g/mol. The molecule has 3 N–H and O–H groups in total. The quantitative estimate of drug-likeness (QED) is 0.685. The molecule has 0 unspecified atom stereocenters. The molecule has 8 heteroatoms. The molecule has 0 aromatic rings. The number of nitrogens with zero attached hydrogens (tertiary/aromatic N) is 1. The second-order valence-corrected chi connectivity index (χ2v) is 8.95. The lowest BCUT2D eigenvalue weighted by molar-refractivity contribution is -0.165. The lowest BCUT2D eigenvalue weighted by atomic mass is 9.85. The van der Waals surface area contributed by atoms with Gasteiger partial charge in [-0.15, -0.1) is 0 Å². The molecule has 2 saturated heterocycles. The van der Waals surface area contributed by atoms with Gasteiger partial charge in [-0.3, -0.25) is 10.1 Å². The monoisotopic (exact) mass is 353 g/mol.